The van der Waals surface area contributed by atoms with Gasteiger partial charge in [-0.1, -0.05) is 6.07 Å². The summed E-state index contributed by atoms with van der Waals surface area (Å²) < 4.78 is 26.7. The lowest BCUT2D eigenvalue weighted by Gasteiger charge is -2.22. The summed E-state index contributed by atoms with van der Waals surface area (Å²) >= 11 is 0. The molecular weight excluding hydrogens is 252 g/mol. The SMILES string of the molecule is O=C(O)c1ccc(C2CC2)c(N2CCC(F)(F)C2)c1. The van der Waals surface area contributed by atoms with E-state index in [4.69, 9.17) is 5.11 Å². The molecule has 0 unspecified atom stereocenters. The molecule has 19 heavy (non-hydrogen) atoms. The number of anilines is 1. The molecule has 1 aliphatic carbocycles. The van der Waals surface area contributed by atoms with Crippen LogP contribution in [0.2, 0.25) is 0 Å². The standard InChI is InChI=1S/C14H15F2NO2/c15-14(16)5-6-17(8-14)12-7-10(13(18)19)3-4-11(12)9-1-2-9/h3-4,7,9H,1-2,5-6,8H2,(H,18,19). The van der Waals surface area contributed by atoms with Crippen molar-refractivity contribution in [2.75, 3.05) is 18.0 Å². The van der Waals surface area contributed by atoms with E-state index in [1.165, 1.54) is 6.07 Å². The average Bonchev–Trinajstić information content (AvgIpc) is 3.13. The molecule has 2 fully saturated rings. The fraction of sp³-hybridized carbons (Fsp3) is 0.500. The van der Waals surface area contributed by atoms with Gasteiger partial charge in [-0.2, -0.15) is 0 Å². The highest BCUT2D eigenvalue weighted by Crippen LogP contribution is 2.46. The Bertz CT molecular complexity index is 526. The summed E-state index contributed by atoms with van der Waals surface area (Å²) in [4.78, 5) is 12.7. The van der Waals surface area contributed by atoms with Gasteiger partial charge in [0.05, 0.1) is 12.1 Å². The van der Waals surface area contributed by atoms with Crippen molar-refractivity contribution in [3.05, 3.63) is 29.3 Å². The second kappa shape index (κ2) is 4.18. The molecule has 2 aliphatic rings. The molecule has 3 nitrogen and oxygen atoms in total. The Morgan fingerprint density at radius 3 is 2.63 bits per heavy atom. The number of carboxylic acids is 1. The van der Waals surface area contributed by atoms with Crippen LogP contribution in [0.5, 0.6) is 0 Å². The number of carbonyl (C=O) groups is 1. The molecule has 1 N–H and O–H groups in total. The zero-order chi connectivity index (χ0) is 13.6. The first kappa shape index (κ1) is 12.4. The number of carboxylic acid groups (broad SMARTS) is 1. The van der Waals surface area contributed by atoms with Crippen molar-refractivity contribution in [3.63, 3.8) is 0 Å². The Morgan fingerprint density at radius 2 is 2.11 bits per heavy atom. The van der Waals surface area contributed by atoms with Gasteiger partial charge in [-0.25, -0.2) is 13.6 Å². The normalized spacial score (nSPS) is 21.7. The van der Waals surface area contributed by atoms with E-state index in [2.05, 4.69) is 0 Å². The first-order valence-electron chi connectivity index (χ1n) is 6.46. The van der Waals surface area contributed by atoms with Gasteiger partial charge in [0.25, 0.3) is 5.92 Å². The number of nitrogens with zero attached hydrogens (tertiary/aromatic N) is 1. The molecule has 1 aliphatic heterocycles. The molecule has 3 rings (SSSR count). The van der Waals surface area contributed by atoms with E-state index in [0.29, 0.717) is 11.6 Å². The van der Waals surface area contributed by atoms with E-state index in [1.807, 2.05) is 0 Å². The third-order valence-corrected chi connectivity index (χ3v) is 3.80. The van der Waals surface area contributed by atoms with Crippen LogP contribution < -0.4 is 4.90 Å². The maximum absolute atomic E-state index is 13.3. The highest BCUT2D eigenvalue weighted by molar-refractivity contribution is 5.89. The molecule has 102 valence electrons. The zero-order valence-electron chi connectivity index (χ0n) is 10.4. The lowest BCUT2D eigenvalue weighted by Crippen LogP contribution is -2.26. The lowest BCUT2D eigenvalue weighted by molar-refractivity contribution is 0.0257. The number of alkyl halides is 2. The molecule has 0 radical (unpaired) electrons. The zero-order valence-corrected chi connectivity index (χ0v) is 10.4. The number of benzene rings is 1. The molecule has 0 atom stereocenters. The Hall–Kier alpha value is -1.65. The maximum atomic E-state index is 13.3. The van der Waals surface area contributed by atoms with Crippen molar-refractivity contribution in [1.82, 2.24) is 0 Å². The Balaban J connectivity index is 1.97. The van der Waals surface area contributed by atoms with Crippen LogP contribution >= 0.6 is 0 Å². The molecule has 0 amide bonds. The summed E-state index contributed by atoms with van der Waals surface area (Å²) in [7, 11) is 0. The van der Waals surface area contributed by atoms with Gasteiger partial charge in [0.1, 0.15) is 0 Å². The van der Waals surface area contributed by atoms with E-state index >= 15 is 0 Å². The maximum Gasteiger partial charge on any atom is 0.335 e. The first-order chi connectivity index (χ1) is 8.96. The van der Waals surface area contributed by atoms with E-state index in [9.17, 15) is 13.6 Å². The predicted molar refractivity (Wildman–Crippen MR) is 67.2 cm³/mol. The fourth-order valence-corrected chi connectivity index (χ4v) is 2.63. The summed E-state index contributed by atoms with van der Waals surface area (Å²) in [5.74, 6) is -3.28. The number of aromatic carboxylic acids is 1. The van der Waals surface area contributed by atoms with Gasteiger partial charge in [0.15, 0.2) is 0 Å². The summed E-state index contributed by atoms with van der Waals surface area (Å²) in [5, 5.41) is 9.03. The summed E-state index contributed by atoms with van der Waals surface area (Å²) in [6, 6.07) is 4.89. The van der Waals surface area contributed by atoms with Gasteiger partial charge >= 0.3 is 5.97 Å². The third-order valence-electron chi connectivity index (χ3n) is 3.80. The fourth-order valence-electron chi connectivity index (χ4n) is 2.63. The molecule has 1 heterocycles. The minimum absolute atomic E-state index is 0.158. The molecule has 1 aromatic rings. The largest absolute Gasteiger partial charge is 0.478 e. The number of rotatable bonds is 3. The van der Waals surface area contributed by atoms with Crippen molar-refractivity contribution < 1.29 is 18.7 Å². The van der Waals surface area contributed by atoms with Crippen LogP contribution in [-0.2, 0) is 0 Å². The van der Waals surface area contributed by atoms with Crippen LogP contribution in [0.3, 0.4) is 0 Å². The molecule has 1 saturated heterocycles. The number of hydrogen-bond donors (Lipinski definition) is 1. The molecule has 0 bridgehead atoms. The monoisotopic (exact) mass is 267 g/mol. The van der Waals surface area contributed by atoms with Crippen LogP contribution in [0, 0.1) is 0 Å². The topological polar surface area (TPSA) is 40.5 Å². The molecular formula is C14H15F2NO2. The van der Waals surface area contributed by atoms with Crippen molar-refractivity contribution in [3.8, 4) is 0 Å². The average molecular weight is 267 g/mol. The van der Waals surface area contributed by atoms with E-state index < -0.39 is 11.9 Å². The van der Waals surface area contributed by atoms with Gasteiger partial charge in [0, 0.05) is 18.7 Å². The van der Waals surface area contributed by atoms with E-state index in [1.54, 1.807) is 17.0 Å². The van der Waals surface area contributed by atoms with Gasteiger partial charge in [0.2, 0.25) is 0 Å². The van der Waals surface area contributed by atoms with Gasteiger partial charge < -0.3 is 10.0 Å². The summed E-state index contributed by atoms with van der Waals surface area (Å²) in [6.07, 6.45) is 1.96. The second-order valence-corrected chi connectivity index (χ2v) is 5.38. The number of halogens is 2. The first-order valence-corrected chi connectivity index (χ1v) is 6.46. The lowest BCUT2D eigenvalue weighted by atomic mass is 10.0. The van der Waals surface area contributed by atoms with Crippen LogP contribution in [0.4, 0.5) is 14.5 Å². The quantitative estimate of drug-likeness (QED) is 0.914. The minimum Gasteiger partial charge on any atom is -0.478 e. The van der Waals surface area contributed by atoms with Crippen LogP contribution in [-0.4, -0.2) is 30.1 Å². The number of hydrogen-bond acceptors (Lipinski definition) is 2. The Morgan fingerprint density at radius 1 is 1.37 bits per heavy atom. The third kappa shape index (κ3) is 2.41. The van der Waals surface area contributed by atoms with E-state index in [-0.39, 0.29) is 25.1 Å². The second-order valence-electron chi connectivity index (χ2n) is 5.38. The van der Waals surface area contributed by atoms with Gasteiger partial charge in [-0.3, -0.25) is 0 Å². The van der Waals surface area contributed by atoms with Crippen LogP contribution in [0.25, 0.3) is 0 Å². The highest BCUT2D eigenvalue weighted by atomic mass is 19.3. The molecule has 5 heteroatoms. The smallest absolute Gasteiger partial charge is 0.335 e. The van der Waals surface area contributed by atoms with Gasteiger partial charge in [-0.05, 0) is 36.5 Å². The molecule has 0 aromatic heterocycles. The van der Waals surface area contributed by atoms with Crippen molar-refractivity contribution in [1.29, 1.82) is 0 Å². The van der Waals surface area contributed by atoms with E-state index in [0.717, 1.165) is 18.4 Å². The minimum atomic E-state index is -2.67. The predicted octanol–water partition coefficient (Wildman–Crippen LogP) is 3.11. The Labute approximate surface area is 109 Å². The van der Waals surface area contributed by atoms with Crippen LogP contribution in [0.15, 0.2) is 18.2 Å². The van der Waals surface area contributed by atoms with Crippen LogP contribution in [0.1, 0.15) is 41.1 Å². The van der Waals surface area contributed by atoms with Gasteiger partial charge in [-0.15, -0.1) is 0 Å². The highest BCUT2D eigenvalue weighted by Gasteiger charge is 2.40. The molecule has 1 aromatic carbocycles. The molecule has 0 spiro atoms. The molecule has 1 saturated carbocycles. The van der Waals surface area contributed by atoms with Crippen molar-refractivity contribution >= 4 is 11.7 Å². The van der Waals surface area contributed by atoms with Crippen molar-refractivity contribution in [2.24, 2.45) is 0 Å². The van der Waals surface area contributed by atoms with Crippen molar-refractivity contribution in [2.45, 2.75) is 31.1 Å². The Kier molecular flexibility index (Phi) is 2.73. The summed E-state index contributed by atoms with van der Waals surface area (Å²) in [5.41, 5.74) is 1.86. The summed E-state index contributed by atoms with van der Waals surface area (Å²) in [6.45, 7) is -0.0222.